The van der Waals surface area contributed by atoms with Crippen LogP contribution in [0.25, 0.3) is 0 Å². The van der Waals surface area contributed by atoms with Crippen molar-refractivity contribution < 1.29 is 0 Å². The van der Waals surface area contributed by atoms with E-state index >= 15 is 0 Å². The van der Waals surface area contributed by atoms with Crippen LogP contribution in [0.1, 0.15) is 30.5 Å². The standard InChI is InChI=1S/C10H13N/c1-2-10-9-6-4-3-5-8(9)7-11-10/h3-6,10-11H,2,7H2,1H3/t10-/m0/s1. The van der Waals surface area contributed by atoms with Crippen molar-refractivity contribution >= 4 is 0 Å². The Morgan fingerprint density at radius 1 is 1.45 bits per heavy atom. The monoisotopic (exact) mass is 147 g/mol. The largest absolute Gasteiger partial charge is 0.306 e. The molecule has 1 heteroatoms. The molecule has 0 saturated carbocycles. The Balaban J connectivity index is 2.39. The highest BCUT2D eigenvalue weighted by molar-refractivity contribution is 5.33. The Hall–Kier alpha value is -0.820. The zero-order valence-electron chi connectivity index (χ0n) is 6.80. The molecule has 0 unspecified atom stereocenters. The lowest BCUT2D eigenvalue weighted by Crippen LogP contribution is -2.10. The molecule has 0 aromatic heterocycles. The summed E-state index contributed by atoms with van der Waals surface area (Å²) in [5, 5.41) is 3.47. The lowest BCUT2D eigenvalue weighted by Gasteiger charge is -2.07. The molecule has 1 N–H and O–H groups in total. The van der Waals surface area contributed by atoms with Gasteiger partial charge in [0.25, 0.3) is 0 Å². The van der Waals surface area contributed by atoms with Crippen molar-refractivity contribution in [2.45, 2.75) is 25.9 Å². The Kier molecular flexibility index (Phi) is 1.66. The number of rotatable bonds is 1. The second kappa shape index (κ2) is 2.67. The predicted octanol–water partition coefficient (Wildman–Crippen LogP) is 2.24. The fraction of sp³-hybridized carbons (Fsp3) is 0.400. The fourth-order valence-electron chi connectivity index (χ4n) is 1.74. The summed E-state index contributed by atoms with van der Waals surface area (Å²) in [4.78, 5) is 0. The molecule has 1 aromatic carbocycles. The second-order valence-electron chi connectivity index (χ2n) is 3.04. The minimum atomic E-state index is 0.603. The van der Waals surface area contributed by atoms with Crippen molar-refractivity contribution in [3.8, 4) is 0 Å². The fourth-order valence-corrected chi connectivity index (χ4v) is 1.74. The second-order valence-corrected chi connectivity index (χ2v) is 3.04. The summed E-state index contributed by atoms with van der Waals surface area (Å²) in [5.74, 6) is 0. The molecule has 0 amide bonds. The van der Waals surface area contributed by atoms with Crippen LogP contribution in [0.5, 0.6) is 0 Å². The Morgan fingerprint density at radius 2 is 2.27 bits per heavy atom. The molecule has 0 spiro atoms. The van der Waals surface area contributed by atoms with E-state index in [2.05, 4.69) is 36.5 Å². The molecule has 0 bridgehead atoms. The van der Waals surface area contributed by atoms with E-state index in [4.69, 9.17) is 0 Å². The summed E-state index contributed by atoms with van der Waals surface area (Å²) in [7, 11) is 0. The van der Waals surface area contributed by atoms with E-state index in [9.17, 15) is 0 Å². The molecule has 1 aromatic rings. The van der Waals surface area contributed by atoms with Gasteiger partial charge < -0.3 is 5.32 Å². The van der Waals surface area contributed by atoms with Crippen LogP contribution >= 0.6 is 0 Å². The molecule has 1 atom stereocenters. The molecule has 1 heterocycles. The first-order valence-corrected chi connectivity index (χ1v) is 4.23. The molecule has 11 heavy (non-hydrogen) atoms. The van der Waals surface area contributed by atoms with Gasteiger partial charge in [-0.1, -0.05) is 31.2 Å². The molecular formula is C10H13N. The van der Waals surface area contributed by atoms with Crippen LogP contribution in [-0.2, 0) is 6.54 Å². The van der Waals surface area contributed by atoms with Gasteiger partial charge in [0, 0.05) is 12.6 Å². The van der Waals surface area contributed by atoms with Gasteiger partial charge in [0.15, 0.2) is 0 Å². The van der Waals surface area contributed by atoms with Crippen molar-refractivity contribution in [1.29, 1.82) is 0 Å². The third kappa shape index (κ3) is 1.05. The molecule has 2 rings (SSSR count). The normalized spacial score (nSPS) is 21.7. The SMILES string of the molecule is CC[C@@H]1NCc2ccccc21. The Bertz CT molecular complexity index is 255. The molecule has 0 aliphatic carbocycles. The van der Waals surface area contributed by atoms with E-state index in [1.165, 1.54) is 17.5 Å². The first kappa shape index (κ1) is 6.86. The summed E-state index contributed by atoms with van der Waals surface area (Å²) in [5.41, 5.74) is 2.97. The summed E-state index contributed by atoms with van der Waals surface area (Å²) < 4.78 is 0. The van der Waals surface area contributed by atoms with Gasteiger partial charge in [-0.25, -0.2) is 0 Å². The maximum atomic E-state index is 3.47. The molecule has 0 saturated heterocycles. The zero-order valence-corrected chi connectivity index (χ0v) is 6.80. The highest BCUT2D eigenvalue weighted by Crippen LogP contribution is 2.26. The number of hydrogen-bond donors (Lipinski definition) is 1. The van der Waals surface area contributed by atoms with Crippen molar-refractivity contribution in [2.24, 2.45) is 0 Å². The highest BCUT2D eigenvalue weighted by Gasteiger charge is 2.18. The van der Waals surface area contributed by atoms with Crippen molar-refractivity contribution in [2.75, 3.05) is 0 Å². The van der Waals surface area contributed by atoms with Crippen LogP contribution in [0.3, 0.4) is 0 Å². The summed E-state index contributed by atoms with van der Waals surface area (Å²) in [6, 6.07) is 9.26. The molecular weight excluding hydrogens is 134 g/mol. The van der Waals surface area contributed by atoms with Crippen molar-refractivity contribution in [3.05, 3.63) is 35.4 Å². The van der Waals surface area contributed by atoms with Crippen molar-refractivity contribution in [1.82, 2.24) is 5.32 Å². The van der Waals surface area contributed by atoms with E-state index < -0.39 is 0 Å². The van der Waals surface area contributed by atoms with Gasteiger partial charge in [0.1, 0.15) is 0 Å². The van der Waals surface area contributed by atoms with Gasteiger partial charge in [0.2, 0.25) is 0 Å². The van der Waals surface area contributed by atoms with E-state index in [-0.39, 0.29) is 0 Å². The topological polar surface area (TPSA) is 12.0 Å². The van der Waals surface area contributed by atoms with E-state index in [1.807, 2.05) is 0 Å². The van der Waals surface area contributed by atoms with Crippen molar-refractivity contribution in [3.63, 3.8) is 0 Å². The highest BCUT2D eigenvalue weighted by atomic mass is 14.9. The van der Waals surface area contributed by atoms with Gasteiger partial charge in [-0.3, -0.25) is 0 Å². The van der Waals surface area contributed by atoms with E-state index in [1.54, 1.807) is 0 Å². The van der Waals surface area contributed by atoms with Gasteiger partial charge in [-0.05, 0) is 17.5 Å². The third-order valence-electron chi connectivity index (χ3n) is 2.38. The lowest BCUT2D eigenvalue weighted by atomic mass is 10.0. The van der Waals surface area contributed by atoms with Crippen LogP contribution in [-0.4, -0.2) is 0 Å². The minimum Gasteiger partial charge on any atom is -0.306 e. The summed E-state index contributed by atoms with van der Waals surface area (Å²) >= 11 is 0. The molecule has 1 aliphatic rings. The van der Waals surface area contributed by atoms with Gasteiger partial charge in [-0.15, -0.1) is 0 Å². The van der Waals surface area contributed by atoms with Gasteiger partial charge >= 0.3 is 0 Å². The lowest BCUT2D eigenvalue weighted by molar-refractivity contribution is 0.567. The van der Waals surface area contributed by atoms with Gasteiger partial charge in [0.05, 0.1) is 0 Å². The number of fused-ring (bicyclic) bond motifs is 1. The Labute approximate surface area is 67.4 Å². The van der Waals surface area contributed by atoms with Crippen LogP contribution in [0, 0.1) is 0 Å². The predicted molar refractivity (Wildman–Crippen MR) is 46.3 cm³/mol. The smallest absolute Gasteiger partial charge is 0.0323 e. The molecule has 0 radical (unpaired) electrons. The van der Waals surface area contributed by atoms with Gasteiger partial charge in [-0.2, -0.15) is 0 Å². The first-order valence-electron chi connectivity index (χ1n) is 4.23. The maximum absolute atomic E-state index is 3.47. The number of nitrogens with one attached hydrogen (secondary N) is 1. The van der Waals surface area contributed by atoms with E-state index in [0.717, 1.165) is 6.54 Å². The molecule has 1 nitrogen and oxygen atoms in total. The van der Waals surface area contributed by atoms with E-state index in [0.29, 0.717) is 6.04 Å². The number of benzene rings is 1. The molecule has 0 fully saturated rings. The number of hydrogen-bond acceptors (Lipinski definition) is 1. The minimum absolute atomic E-state index is 0.603. The quantitative estimate of drug-likeness (QED) is 0.642. The van der Waals surface area contributed by atoms with Crippen LogP contribution in [0.2, 0.25) is 0 Å². The summed E-state index contributed by atoms with van der Waals surface area (Å²) in [6.45, 7) is 3.27. The zero-order chi connectivity index (χ0) is 7.68. The van der Waals surface area contributed by atoms with Crippen LogP contribution < -0.4 is 5.32 Å². The van der Waals surface area contributed by atoms with Crippen LogP contribution in [0.4, 0.5) is 0 Å². The first-order chi connectivity index (χ1) is 5.42. The Morgan fingerprint density at radius 3 is 3.09 bits per heavy atom. The average molecular weight is 147 g/mol. The maximum Gasteiger partial charge on any atom is 0.0323 e. The average Bonchev–Trinajstić information content (AvgIpc) is 2.47. The van der Waals surface area contributed by atoms with Crippen LogP contribution in [0.15, 0.2) is 24.3 Å². The molecule has 1 aliphatic heterocycles. The molecule has 58 valence electrons. The third-order valence-corrected chi connectivity index (χ3v) is 2.38. The summed E-state index contributed by atoms with van der Waals surface area (Å²) in [6.07, 6.45) is 1.19.